The van der Waals surface area contributed by atoms with Gasteiger partial charge in [-0.15, -0.1) is 11.3 Å². The number of fused-ring (bicyclic) bond motifs is 1. The van der Waals surface area contributed by atoms with Crippen molar-refractivity contribution in [1.82, 2.24) is 4.98 Å². The topological polar surface area (TPSA) is 69.7 Å². The van der Waals surface area contributed by atoms with Gasteiger partial charge in [0, 0.05) is 17.0 Å². The molecule has 0 aliphatic heterocycles. The second-order valence-electron chi connectivity index (χ2n) is 6.10. The Morgan fingerprint density at radius 3 is 2.52 bits per heavy atom. The number of benzene rings is 1. The van der Waals surface area contributed by atoms with Gasteiger partial charge in [-0.2, -0.15) is 0 Å². The Morgan fingerprint density at radius 2 is 1.84 bits per heavy atom. The minimum absolute atomic E-state index is 0.281. The molecule has 0 radical (unpaired) electrons. The molecule has 0 saturated carbocycles. The van der Waals surface area contributed by atoms with Crippen molar-refractivity contribution in [1.29, 1.82) is 0 Å². The number of nitrogens with zero attached hydrogens (tertiary/aromatic N) is 1. The maximum Gasteiger partial charge on any atom is 0.261 e. The maximum atomic E-state index is 12.7. The van der Waals surface area contributed by atoms with Crippen LogP contribution in [0.25, 0.3) is 0 Å². The highest BCUT2D eigenvalue weighted by molar-refractivity contribution is 7.15. The van der Waals surface area contributed by atoms with E-state index in [9.17, 15) is 4.79 Å². The molecular formula is C18H22N2O4S. The zero-order valence-electron chi connectivity index (χ0n) is 14.8. The second-order valence-corrected chi connectivity index (χ2v) is 7.18. The molecule has 1 unspecified atom stereocenters. The van der Waals surface area contributed by atoms with E-state index in [-0.39, 0.29) is 5.91 Å². The van der Waals surface area contributed by atoms with Crippen molar-refractivity contribution in [2.24, 2.45) is 5.92 Å². The number of hydrogen-bond acceptors (Lipinski definition) is 6. The van der Waals surface area contributed by atoms with Gasteiger partial charge in [-0.25, -0.2) is 4.98 Å². The van der Waals surface area contributed by atoms with E-state index < -0.39 is 0 Å². The van der Waals surface area contributed by atoms with Crippen LogP contribution in [0.4, 0.5) is 5.13 Å². The SMILES string of the molecule is COc1cc(OC)c(C(=O)Nc2nc3c(s2)CC(C)CC3)cc1OC. The molecule has 0 saturated heterocycles. The highest BCUT2D eigenvalue weighted by atomic mass is 32.1. The molecule has 0 spiro atoms. The van der Waals surface area contributed by atoms with Gasteiger partial charge in [0.15, 0.2) is 16.6 Å². The fourth-order valence-electron chi connectivity index (χ4n) is 2.96. The third-order valence-electron chi connectivity index (χ3n) is 4.36. The smallest absolute Gasteiger partial charge is 0.261 e. The van der Waals surface area contributed by atoms with Crippen LogP contribution in [-0.4, -0.2) is 32.2 Å². The van der Waals surface area contributed by atoms with E-state index in [4.69, 9.17) is 14.2 Å². The summed E-state index contributed by atoms with van der Waals surface area (Å²) >= 11 is 1.55. The fraction of sp³-hybridized carbons (Fsp3) is 0.444. The molecule has 1 amide bonds. The van der Waals surface area contributed by atoms with Crippen molar-refractivity contribution < 1.29 is 19.0 Å². The molecule has 7 heteroatoms. The molecule has 1 aromatic heterocycles. The van der Waals surface area contributed by atoms with Crippen molar-refractivity contribution in [2.75, 3.05) is 26.6 Å². The lowest BCUT2D eigenvalue weighted by molar-refractivity contribution is 0.102. The standard InChI is InChI=1S/C18H22N2O4S/c1-10-5-6-12-16(7-10)25-18(19-12)20-17(21)11-8-14(23-3)15(24-4)9-13(11)22-2/h8-10H,5-7H2,1-4H3,(H,19,20,21). The van der Waals surface area contributed by atoms with Crippen LogP contribution in [-0.2, 0) is 12.8 Å². The molecule has 1 heterocycles. The van der Waals surface area contributed by atoms with E-state index >= 15 is 0 Å². The van der Waals surface area contributed by atoms with Gasteiger partial charge in [0.05, 0.1) is 32.6 Å². The Balaban J connectivity index is 1.86. The quantitative estimate of drug-likeness (QED) is 0.881. The Labute approximate surface area is 151 Å². The fourth-order valence-corrected chi connectivity index (χ4v) is 4.13. The zero-order chi connectivity index (χ0) is 18.0. The predicted octanol–water partition coefficient (Wildman–Crippen LogP) is 3.55. The molecule has 2 aromatic rings. The lowest BCUT2D eigenvalue weighted by atomic mass is 9.93. The molecule has 1 aromatic carbocycles. The van der Waals surface area contributed by atoms with Gasteiger partial charge in [0.2, 0.25) is 0 Å². The first kappa shape index (κ1) is 17.5. The molecule has 0 bridgehead atoms. The van der Waals surface area contributed by atoms with Crippen LogP contribution >= 0.6 is 11.3 Å². The van der Waals surface area contributed by atoms with Gasteiger partial charge < -0.3 is 14.2 Å². The van der Waals surface area contributed by atoms with E-state index in [1.165, 1.54) is 26.2 Å². The summed E-state index contributed by atoms with van der Waals surface area (Å²) in [6, 6.07) is 3.25. The number of anilines is 1. The minimum atomic E-state index is -0.281. The van der Waals surface area contributed by atoms with E-state index in [0.717, 1.165) is 25.0 Å². The van der Waals surface area contributed by atoms with Gasteiger partial charge in [-0.3, -0.25) is 10.1 Å². The highest BCUT2D eigenvalue weighted by Crippen LogP contribution is 2.36. The number of carbonyl (C=O) groups is 1. The van der Waals surface area contributed by atoms with Gasteiger partial charge in [0.1, 0.15) is 5.75 Å². The van der Waals surface area contributed by atoms with Gasteiger partial charge in [-0.1, -0.05) is 6.92 Å². The van der Waals surface area contributed by atoms with Gasteiger partial charge >= 0.3 is 0 Å². The molecular weight excluding hydrogens is 340 g/mol. The van der Waals surface area contributed by atoms with Crippen LogP contribution < -0.4 is 19.5 Å². The molecule has 1 atom stereocenters. The predicted molar refractivity (Wildman–Crippen MR) is 97.4 cm³/mol. The molecule has 1 aliphatic carbocycles. The van der Waals surface area contributed by atoms with Crippen molar-refractivity contribution in [3.63, 3.8) is 0 Å². The van der Waals surface area contributed by atoms with Crippen molar-refractivity contribution in [3.8, 4) is 17.2 Å². The summed E-state index contributed by atoms with van der Waals surface area (Å²) < 4.78 is 15.9. The largest absolute Gasteiger partial charge is 0.496 e. The molecule has 1 N–H and O–H groups in total. The van der Waals surface area contributed by atoms with Crippen LogP contribution in [0.3, 0.4) is 0 Å². The summed E-state index contributed by atoms with van der Waals surface area (Å²) in [5.74, 6) is 1.79. The van der Waals surface area contributed by atoms with E-state index in [2.05, 4.69) is 17.2 Å². The molecule has 6 nitrogen and oxygen atoms in total. The highest BCUT2D eigenvalue weighted by Gasteiger charge is 2.22. The number of thiazole rings is 1. The maximum absolute atomic E-state index is 12.7. The first-order valence-corrected chi connectivity index (χ1v) is 8.97. The first-order chi connectivity index (χ1) is 12.0. The van der Waals surface area contributed by atoms with Crippen molar-refractivity contribution in [2.45, 2.75) is 26.2 Å². The van der Waals surface area contributed by atoms with E-state index in [1.54, 1.807) is 23.5 Å². The third kappa shape index (κ3) is 3.56. The zero-order valence-corrected chi connectivity index (χ0v) is 15.7. The lowest BCUT2D eigenvalue weighted by Crippen LogP contribution is -2.13. The minimum Gasteiger partial charge on any atom is -0.496 e. The lowest BCUT2D eigenvalue weighted by Gasteiger charge is -2.15. The normalized spacial score (nSPS) is 16.1. The number of hydrogen-bond donors (Lipinski definition) is 1. The molecule has 134 valence electrons. The van der Waals surface area contributed by atoms with Crippen LogP contribution in [0.2, 0.25) is 0 Å². The molecule has 1 aliphatic rings. The number of amides is 1. The monoisotopic (exact) mass is 362 g/mol. The van der Waals surface area contributed by atoms with Crippen LogP contribution in [0.1, 0.15) is 34.3 Å². The second kappa shape index (κ2) is 7.31. The van der Waals surface area contributed by atoms with E-state index in [1.807, 2.05) is 0 Å². The molecule has 3 rings (SSSR count). The number of ether oxygens (including phenoxy) is 3. The van der Waals surface area contributed by atoms with Crippen LogP contribution in [0, 0.1) is 5.92 Å². The van der Waals surface area contributed by atoms with Crippen LogP contribution in [0.15, 0.2) is 12.1 Å². The number of aromatic nitrogens is 1. The van der Waals surface area contributed by atoms with Gasteiger partial charge in [0.25, 0.3) is 5.91 Å². The number of rotatable bonds is 5. The summed E-state index contributed by atoms with van der Waals surface area (Å²) in [5, 5.41) is 3.51. The van der Waals surface area contributed by atoms with E-state index in [0.29, 0.717) is 33.9 Å². The summed E-state index contributed by atoms with van der Waals surface area (Å²) in [6.45, 7) is 2.25. The number of carbonyl (C=O) groups excluding carboxylic acids is 1. The summed E-state index contributed by atoms with van der Waals surface area (Å²) in [5.41, 5.74) is 1.49. The Bertz CT molecular complexity index is 788. The van der Waals surface area contributed by atoms with Crippen molar-refractivity contribution in [3.05, 3.63) is 28.3 Å². The molecule has 0 fully saturated rings. The van der Waals surface area contributed by atoms with Crippen molar-refractivity contribution >= 4 is 22.4 Å². The Kier molecular flexibility index (Phi) is 5.13. The number of methoxy groups -OCH3 is 3. The number of nitrogens with one attached hydrogen (secondary N) is 1. The third-order valence-corrected chi connectivity index (χ3v) is 5.39. The average Bonchev–Trinajstić information content (AvgIpc) is 3.01. The Hall–Kier alpha value is -2.28. The number of aryl methyl sites for hydroxylation is 1. The van der Waals surface area contributed by atoms with Gasteiger partial charge in [-0.05, 0) is 25.2 Å². The Morgan fingerprint density at radius 1 is 1.16 bits per heavy atom. The first-order valence-electron chi connectivity index (χ1n) is 8.15. The van der Waals surface area contributed by atoms with Crippen LogP contribution in [0.5, 0.6) is 17.2 Å². The molecule has 25 heavy (non-hydrogen) atoms. The summed E-state index contributed by atoms with van der Waals surface area (Å²) in [6.07, 6.45) is 3.15. The summed E-state index contributed by atoms with van der Waals surface area (Å²) in [4.78, 5) is 18.6. The average molecular weight is 362 g/mol. The summed E-state index contributed by atoms with van der Waals surface area (Å²) in [7, 11) is 4.59.